The molecule has 2 aliphatic rings. The molecule has 158 valence electrons. The monoisotopic (exact) mass is 426 g/mol. The number of ketones is 1. The predicted molar refractivity (Wildman–Crippen MR) is 119 cm³/mol. The lowest BCUT2D eigenvalue weighted by molar-refractivity contribution is -0.123. The van der Waals surface area contributed by atoms with Crippen LogP contribution in [0.1, 0.15) is 38.1 Å². The maximum absolute atomic E-state index is 12.0. The molecule has 0 radical (unpaired) electrons. The highest BCUT2D eigenvalue weighted by molar-refractivity contribution is 6.29. The first-order valence-electron chi connectivity index (χ1n) is 10.7. The second kappa shape index (κ2) is 7.39. The van der Waals surface area contributed by atoms with Crippen LogP contribution in [0.25, 0.3) is 16.7 Å². The molecule has 0 spiro atoms. The summed E-state index contributed by atoms with van der Waals surface area (Å²) in [4.78, 5) is 23.7. The summed E-state index contributed by atoms with van der Waals surface area (Å²) < 4.78 is 4.29. The summed E-state index contributed by atoms with van der Waals surface area (Å²) in [6.45, 7) is 9.08. The second-order valence-electron chi connectivity index (χ2n) is 8.73. The molecule has 0 unspecified atom stereocenters. The van der Waals surface area contributed by atoms with Crippen LogP contribution in [0.3, 0.4) is 0 Å². The van der Waals surface area contributed by atoms with E-state index in [4.69, 9.17) is 16.6 Å². The zero-order valence-corrected chi connectivity index (χ0v) is 18.4. The Balaban J connectivity index is 1.38. The van der Waals surface area contributed by atoms with Gasteiger partial charge in [0.1, 0.15) is 5.78 Å². The Hall–Kier alpha value is -2.38. The van der Waals surface area contributed by atoms with Crippen LogP contribution in [-0.4, -0.2) is 55.5 Å². The van der Waals surface area contributed by atoms with Crippen molar-refractivity contribution in [3.8, 4) is 5.69 Å². The van der Waals surface area contributed by atoms with Crippen molar-refractivity contribution in [2.45, 2.75) is 46.2 Å². The fourth-order valence-electron chi connectivity index (χ4n) is 4.54. The number of rotatable bonds is 5. The molecule has 1 saturated heterocycles. The quantitative estimate of drug-likeness (QED) is 0.527. The minimum atomic E-state index is 0.103. The molecule has 7 nitrogen and oxygen atoms in total. The maximum atomic E-state index is 12.0. The third-order valence-corrected chi connectivity index (χ3v) is 6.62. The first-order chi connectivity index (χ1) is 14.4. The third-order valence-electron chi connectivity index (χ3n) is 6.37. The topological polar surface area (TPSA) is 68.0 Å². The van der Waals surface area contributed by atoms with Gasteiger partial charge in [-0.1, -0.05) is 19.9 Å². The normalized spacial score (nSPS) is 17.0. The number of benzene rings is 1. The number of aromatic nitrogens is 4. The van der Waals surface area contributed by atoms with E-state index >= 15 is 0 Å². The number of hydrogen-bond donors (Lipinski definition) is 1. The smallest absolute Gasteiger partial charge is 0.207 e. The van der Waals surface area contributed by atoms with Gasteiger partial charge in [0.05, 0.1) is 41.2 Å². The molecule has 0 bridgehead atoms. The van der Waals surface area contributed by atoms with Gasteiger partial charge in [-0.05, 0) is 43.5 Å². The van der Waals surface area contributed by atoms with E-state index in [1.807, 2.05) is 37.5 Å². The zero-order chi connectivity index (χ0) is 21.0. The van der Waals surface area contributed by atoms with E-state index in [0.717, 1.165) is 60.0 Å². The lowest BCUT2D eigenvalue weighted by Crippen LogP contribution is -2.42. The molecule has 2 aliphatic heterocycles. The standard InChI is InChI=1S/C22H27ClN6O/c1-13(2)19(30)12-27-9-7-15(8-10-27)25-22-26-16-5-4-6-17-20(16)28(22)11-18-14(3)24-21(23)29(17)18/h4-6,13,15H,7-12H2,1-3H3,(H,25,26). The van der Waals surface area contributed by atoms with Gasteiger partial charge in [-0.3, -0.25) is 14.3 Å². The number of carbonyl (C=O) groups is 1. The summed E-state index contributed by atoms with van der Waals surface area (Å²) in [7, 11) is 0. The summed E-state index contributed by atoms with van der Waals surface area (Å²) in [5.41, 5.74) is 5.13. The van der Waals surface area contributed by atoms with Gasteiger partial charge in [-0.25, -0.2) is 9.97 Å². The molecule has 30 heavy (non-hydrogen) atoms. The summed E-state index contributed by atoms with van der Waals surface area (Å²) in [6.07, 6.45) is 2.01. The Morgan fingerprint density at radius 2 is 2.03 bits per heavy atom. The molecular formula is C22H27ClN6O. The van der Waals surface area contributed by atoms with Crippen molar-refractivity contribution < 1.29 is 4.79 Å². The number of piperidine rings is 1. The number of anilines is 1. The molecule has 1 N–H and O–H groups in total. The van der Waals surface area contributed by atoms with Crippen molar-refractivity contribution in [3.05, 3.63) is 34.9 Å². The average molecular weight is 427 g/mol. The molecule has 4 heterocycles. The number of imidazole rings is 2. The van der Waals surface area contributed by atoms with Gasteiger partial charge in [-0.15, -0.1) is 0 Å². The molecule has 2 aromatic heterocycles. The number of para-hydroxylation sites is 1. The largest absolute Gasteiger partial charge is 0.353 e. The van der Waals surface area contributed by atoms with Gasteiger partial charge < -0.3 is 9.88 Å². The van der Waals surface area contributed by atoms with Crippen LogP contribution in [0.4, 0.5) is 5.95 Å². The van der Waals surface area contributed by atoms with Crippen LogP contribution < -0.4 is 5.32 Å². The highest BCUT2D eigenvalue weighted by atomic mass is 35.5. The number of fused-ring (bicyclic) bond motifs is 2. The van der Waals surface area contributed by atoms with E-state index in [0.29, 0.717) is 30.2 Å². The van der Waals surface area contributed by atoms with Gasteiger partial charge in [0.25, 0.3) is 0 Å². The minimum absolute atomic E-state index is 0.103. The summed E-state index contributed by atoms with van der Waals surface area (Å²) in [5.74, 6) is 1.33. The maximum Gasteiger partial charge on any atom is 0.207 e. The van der Waals surface area contributed by atoms with Crippen molar-refractivity contribution >= 4 is 34.4 Å². The zero-order valence-electron chi connectivity index (χ0n) is 17.7. The Bertz CT molecular complexity index is 1120. The number of aryl methyl sites for hydroxylation is 1. The second-order valence-corrected chi connectivity index (χ2v) is 9.07. The van der Waals surface area contributed by atoms with E-state index in [9.17, 15) is 4.79 Å². The van der Waals surface area contributed by atoms with Crippen molar-refractivity contribution in [1.29, 1.82) is 0 Å². The molecule has 1 aromatic carbocycles. The summed E-state index contributed by atoms with van der Waals surface area (Å²) in [6, 6.07) is 6.49. The van der Waals surface area contributed by atoms with Gasteiger partial charge in [-0.2, -0.15) is 0 Å². The van der Waals surface area contributed by atoms with E-state index in [2.05, 4.69) is 25.8 Å². The summed E-state index contributed by atoms with van der Waals surface area (Å²) >= 11 is 6.42. The number of nitrogens with one attached hydrogen (secondary N) is 1. The minimum Gasteiger partial charge on any atom is -0.353 e. The van der Waals surface area contributed by atoms with Crippen molar-refractivity contribution in [1.82, 2.24) is 24.0 Å². The Kier molecular flexibility index (Phi) is 4.82. The molecule has 0 saturated carbocycles. The van der Waals surface area contributed by atoms with Crippen LogP contribution in [0.15, 0.2) is 18.2 Å². The highest BCUT2D eigenvalue weighted by Crippen LogP contribution is 2.35. The van der Waals surface area contributed by atoms with Crippen LogP contribution in [0.2, 0.25) is 5.28 Å². The Labute approximate surface area is 181 Å². The third kappa shape index (κ3) is 3.20. The van der Waals surface area contributed by atoms with Crippen LogP contribution in [0, 0.1) is 12.8 Å². The van der Waals surface area contributed by atoms with E-state index in [1.165, 1.54) is 0 Å². The van der Waals surface area contributed by atoms with Gasteiger partial charge >= 0.3 is 0 Å². The molecule has 0 atom stereocenters. The van der Waals surface area contributed by atoms with Gasteiger partial charge in [0, 0.05) is 25.0 Å². The number of halogens is 1. The molecule has 5 rings (SSSR count). The Morgan fingerprint density at radius 3 is 2.77 bits per heavy atom. The number of carbonyl (C=O) groups excluding carboxylic acids is 1. The molecule has 8 heteroatoms. The van der Waals surface area contributed by atoms with Crippen LogP contribution >= 0.6 is 11.6 Å². The van der Waals surface area contributed by atoms with E-state index < -0.39 is 0 Å². The average Bonchev–Trinajstić information content (AvgIpc) is 3.22. The first kappa shape index (κ1) is 19.6. The molecule has 0 aliphatic carbocycles. The molecular weight excluding hydrogens is 400 g/mol. The van der Waals surface area contributed by atoms with Crippen molar-refractivity contribution in [3.63, 3.8) is 0 Å². The molecule has 0 amide bonds. The first-order valence-corrected chi connectivity index (χ1v) is 11.0. The number of hydrogen-bond acceptors (Lipinski definition) is 5. The number of likely N-dealkylation sites (tertiary alicyclic amines) is 1. The van der Waals surface area contributed by atoms with Gasteiger partial charge in [0.15, 0.2) is 0 Å². The van der Waals surface area contributed by atoms with E-state index in [-0.39, 0.29) is 5.92 Å². The Morgan fingerprint density at radius 1 is 1.27 bits per heavy atom. The summed E-state index contributed by atoms with van der Waals surface area (Å²) in [5, 5.41) is 4.18. The fraction of sp³-hybridized carbons (Fsp3) is 0.500. The number of Topliss-reactive ketones (excluding diaryl/α,β-unsaturated/α-hetero) is 1. The fourth-order valence-corrected chi connectivity index (χ4v) is 4.86. The van der Waals surface area contributed by atoms with Crippen molar-refractivity contribution in [2.24, 2.45) is 5.92 Å². The van der Waals surface area contributed by atoms with Crippen LogP contribution in [-0.2, 0) is 11.3 Å². The highest BCUT2D eigenvalue weighted by Gasteiger charge is 2.28. The van der Waals surface area contributed by atoms with Crippen LogP contribution in [0.5, 0.6) is 0 Å². The molecule has 1 fully saturated rings. The lowest BCUT2D eigenvalue weighted by atomic mass is 10.0. The van der Waals surface area contributed by atoms with Crippen molar-refractivity contribution in [2.75, 3.05) is 25.0 Å². The SMILES string of the molecule is Cc1nc(Cl)n2c1Cn1c(NC3CCN(CC(=O)C(C)C)CC3)nc3cccc-2c31. The lowest BCUT2D eigenvalue weighted by Gasteiger charge is -2.32. The van der Waals surface area contributed by atoms with E-state index in [1.54, 1.807) is 0 Å². The number of nitrogens with zero attached hydrogens (tertiary/aromatic N) is 5. The molecule has 3 aromatic rings. The predicted octanol–water partition coefficient (Wildman–Crippen LogP) is 3.65. The van der Waals surface area contributed by atoms with Gasteiger partial charge in [0.2, 0.25) is 11.2 Å².